The third kappa shape index (κ3) is 3.51. The Morgan fingerprint density at radius 1 is 1.16 bits per heavy atom. The molecule has 0 radical (unpaired) electrons. The summed E-state index contributed by atoms with van der Waals surface area (Å²) in [7, 11) is 3.08. The van der Waals surface area contributed by atoms with Gasteiger partial charge in [-0.05, 0) is 31.2 Å². The van der Waals surface area contributed by atoms with Gasteiger partial charge in [0.05, 0.1) is 19.6 Å². The van der Waals surface area contributed by atoms with Crippen molar-refractivity contribution in [3.05, 3.63) is 51.8 Å². The molecule has 0 saturated carbocycles. The third-order valence-corrected chi connectivity index (χ3v) is 4.78. The van der Waals surface area contributed by atoms with Gasteiger partial charge in [0.25, 0.3) is 5.56 Å². The Labute approximate surface area is 148 Å². The van der Waals surface area contributed by atoms with Crippen molar-refractivity contribution in [1.82, 2.24) is 4.57 Å². The number of amides is 1. The molecule has 1 N–H and O–H groups in total. The largest absolute Gasteiger partial charge is 0.493 e. The molecule has 1 aromatic carbocycles. The van der Waals surface area contributed by atoms with Crippen LogP contribution in [0.5, 0.6) is 11.5 Å². The molecule has 130 valence electrons. The predicted molar refractivity (Wildman–Crippen MR) is 99.0 cm³/mol. The van der Waals surface area contributed by atoms with E-state index in [9.17, 15) is 9.59 Å². The molecule has 0 unspecified atom stereocenters. The summed E-state index contributed by atoms with van der Waals surface area (Å²) in [5.41, 5.74) is 0.410. The van der Waals surface area contributed by atoms with Crippen LogP contribution < -0.4 is 20.3 Å². The number of nitrogens with zero attached hydrogens (tertiary/aromatic N) is 1. The number of aryl methyl sites for hydroxylation is 1. The molecular weight excluding hydrogens is 340 g/mol. The highest BCUT2D eigenvalue weighted by Crippen LogP contribution is 2.29. The number of fused-ring (bicyclic) bond motifs is 1. The van der Waals surface area contributed by atoms with Crippen molar-refractivity contribution >= 4 is 33.0 Å². The van der Waals surface area contributed by atoms with E-state index in [1.807, 2.05) is 19.1 Å². The highest BCUT2D eigenvalue weighted by Gasteiger charge is 2.11. The minimum atomic E-state index is -0.291. The Morgan fingerprint density at radius 2 is 1.92 bits per heavy atom. The minimum Gasteiger partial charge on any atom is -0.493 e. The van der Waals surface area contributed by atoms with Crippen LogP contribution >= 0.6 is 11.3 Å². The van der Waals surface area contributed by atoms with Crippen LogP contribution in [0.15, 0.2) is 41.3 Å². The first-order valence-corrected chi connectivity index (χ1v) is 8.45. The molecule has 6 nitrogen and oxygen atoms in total. The van der Waals surface area contributed by atoms with Crippen LogP contribution in [0.3, 0.4) is 0 Å². The van der Waals surface area contributed by atoms with Crippen molar-refractivity contribution in [3.63, 3.8) is 0 Å². The third-order valence-electron chi connectivity index (χ3n) is 3.76. The number of hydrogen-bond acceptors (Lipinski definition) is 5. The van der Waals surface area contributed by atoms with Gasteiger partial charge in [0.1, 0.15) is 6.54 Å². The molecule has 0 spiro atoms. The summed E-state index contributed by atoms with van der Waals surface area (Å²) >= 11 is 1.56. The lowest BCUT2D eigenvalue weighted by Crippen LogP contribution is -2.27. The number of carbonyl (C=O) groups excluding carboxylic acids is 1. The lowest BCUT2D eigenvalue weighted by molar-refractivity contribution is -0.116. The molecule has 7 heteroatoms. The number of carbonyl (C=O) groups is 1. The van der Waals surface area contributed by atoms with Gasteiger partial charge >= 0.3 is 0 Å². The SMILES string of the molecule is COc1ccc(NC(=O)Cn2ccc3sc(C)cc3c2=O)cc1OC. The van der Waals surface area contributed by atoms with Gasteiger partial charge in [-0.1, -0.05) is 0 Å². The number of benzene rings is 1. The molecule has 3 aromatic rings. The number of ether oxygens (including phenoxy) is 2. The van der Waals surface area contributed by atoms with E-state index in [0.29, 0.717) is 22.6 Å². The predicted octanol–water partition coefficient (Wildman–Crippen LogP) is 3.03. The summed E-state index contributed by atoms with van der Waals surface area (Å²) in [5, 5.41) is 3.41. The normalized spacial score (nSPS) is 10.7. The Morgan fingerprint density at radius 3 is 2.64 bits per heavy atom. The zero-order chi connectivity index (χ0) is 18.0. The van der Waals surface area contributed by atoms with Crippen LogP contribution in [0.1, 0.15) is 4.88 Å². The van der Waals surface area contributed by atoms with Gasteiger partial charge in [-0.3, -0.25) is 9.59 Å². The van der Waals surface area contributed by atoms with Crippen molar-refractivity contribution in [2.45, 2.75) is 13.5 Å². The van der Waals surface area contributed by atoms with Crippen molar-refractivity contribution in [1.29, 1.82) is 0 Å². The lowest BCUT2D eigenvalue weighted by atomic mass is 10.2. The van der Waals surface area contributed by atoms with Crippen LogP contribution in [-0.2, 0) is 11.3 Å². The second kappa shape index (κ2) is 6.98. The maximum Gasteiger partial charge on any atom is 0.259 e. The van der Waals surface area contributed by atoms with Gasteiger partial charge in [-0.25, -0.2) is 0 Å². The molecule has 0 aliphatic carbocycles. The van der Waals surface area contributed by atoms with E-state index in [-0.39, 0.29) is 18.0 Å². The number of hydrogen-bond donors (Lipinski definition) is 1. The maximum atomic E-state index is 12.5. The van der Waals surface area contributed by atoms with E-state index in [1.165, 1.54) is 11.7 Å². The van der Waals surface area contributed by atoms with Gasteiger partial charge in [0, 0.05) is 27.5 Å². The number of aromatic nitrogens is 1. The maximum absolute atomic E-state index is 12.5. The number of methoxy groups -OCH3 is 2. The van der Waals surface area contributed by atoms with Crippen LogP contribution in [0.2, 0.25) is 0 Å². The second-order valence-electron chi connectivity index (χ2n) is 5.50. The first-order chi connectivity index (χ1) is 12.0. The molecule has 2 aromatic heterocycles. The van der Waals surface area contributed by atoms with Crippen LogP contribution in [-0.4, -0.2) is 24.7 Å². The van der Waals surface area contributed by atoms with E-state index < -0.39 is 0 Å². The van der Waals surface area contributed by atoms with Crippen molar-refractivity contribution < 1.29 is 14.3 Å². The van der Waals surface area contributed by atoms with Gasteiger partial charge < -0.3 is 19.4 Å². The Hall–Kier alpha value is -2.80. The summed E-state index contributed by atoms with van der Waals surface area (Å²) in [4.78, 5) is 25.8. The number of pyridine rings is 1. The molecular formula is C18H18N2O4S. The fourth-order valence-corrected chi connectivity index (χ4v) is 3.51. The molecule has 0 bridgehead atoms. The van der Waals surface area contributed by atoms with Gasteiger partial charge in [-0.2, -0.15) is 0 Å². The first kappa shape index (κ1) is 17.0. The van der Waals surface area contributed by atoms with E-state index >= 15 is 0 Å². The van der Waals surface area contributed by atoms with Crippen LogP contribution in [0.25, 0.3) is 10.1 Å². The quantitative estimate of drug-likeness (QED) is 0.761. The fraction of sp³-hybridized carbons (Fsp3) is 0.222. The van der Waals surface area contributed by atoms with E-state index in [2.05, 4.69) is 5.32 Å². The molecule has 0 saturated heterocycles. The molecule has 3 rings (SSSR count). The van der Waals surface area contributed by atoms with Gasteiger partial charge in [-0.15, -0.1) is 11.3 Å². The number of anilines is 1. The molecule has 0 fully saturated rings. The standard InChI is InChI=1S/C18H18N2O4S/c1-11-8-13-16(25-11)6-7-20(18(13)22)10-17(21)19-12-4-5-14(23-2)15(9-12)24-3/h4-9H,10H2,1-3H3,(H,19,21). The zero-order valence-corrected chi connectivity index (χ0v) is 15.0. The fourth-order valence-electron chi connectivity index (χ4n) is 2.60. The van der Waals surface area contributed by atoms with Crippen molar-refractivity contribution in [3.8, 4) is 11.5 Å². The molecule has 25 heavy (non-hydrogen) atoms. The Balaban J connectivity index is 1.79. The molecule has 0 aliphatic heterocycles. The second-order valence-corrected chi connectivity index (χ2v) is 6.79. The summed E-state index contributed by atoms with van der Waals surface area (Å²) < 4.78 is 12.7. The van der Waals surface area contributed by atoms with Gasteiger partial charge in [0.2, 0.25) is 5.91 Å². The van der Waals surface area contributed by atoms with E-state index in [1.54, 1.807) is 42.8 Å². The number of rotatable bonds is 5. The topological polar surface area (TPSA) is 69.6 Å². The summed E-state index contributed by atoms with van der Waals surface area (Å²) in [6, 6.07) is 8.81. The van der Waals surface area contributed by atoms with Crippen molar-refractivity contribution in [2.75, 3.05) is 19.5 Å². The van der Waals surface area contributed by atoms with E-state index in [0.717, 1.165) is 9.58 Å². The molecule has 0 aliphatic rings. The van der Waals surface area contributed by atoms with Crippen LogP contribution in [0.4, 0.5) is 5.69 Å². The molecule has 2 heterocycles. The Kier molecular flexibility index (Phi) is 4.76. The van der Waals surface area contributed by atoms with Gasteiger partial charge in [0.15, 0.2) is 11.5 Å². The average Bonchev–Trinajstić information content (AvgIpc) is 2.98. The minimum absolute atomic E-state index is 0.0575. The smallest absolute Gasteiger partial charge is 0.259 e. The van der Waals surface area contributed by atoms with Crippen molar-refractivity contribution in [2.24, 2.45) is 0 Å². The Bertz CT molecular complexity index is 990. The number of thiophene rings is 1. The molecule has 1 amide bonds. The lowest BCUT2D eigenvalue weighted by Gasteiger charge is -2.11. The molecule has 0 atom stereocenters. The summed E-state index contributed by atoms with van der Waals surface area (Å²) in [6.45, 7) is 1.90. The average molecular weight is 358 g/mol. The number of nitrogens with one attached hydrogen (secondary N) is 1. The summed E-state index contributed by atoms with van der Waals surface area (Å²) in [5.74, 6) is 0.809. The zero-order valence-electron chi connectivity index (χ0n) is 14.2. The van der Waals surface area contributed by atoms with Crippen LogP contribution in [0, 0.1) is 6.92 Å². The monoisotopic (exact) mass is 358 g/mol. The summed E-state index contributed by atoms with van der Waals surface area (Å²) in [6.07, 6.45) is 1.65. The first-order valence-electron chi connectivity index (χ1n) is 7.63. The highest BCUT2D eigenvalue weighted by molar-refractivity contribution is 7.18. The highest BCUT2D eigenvalue weighted by atomic mass is 32.1. The van der Waals surface area contributed by atoms with E-state index in [4.69, 9.17) is 9.47 Å².